The van der Waals surface area contributed by atoms with Crippen LogP contribution < -0.4 is 5.32 Å². The monoisotopic (exact) mass is 145 g/mol. The smallest absolute Gasteiger partial charge is 0.209 e. The summed E-state index contributed by atoms with van der Waals surface area (Å²) in [5.74, 6) is 0.371. The quantitative estimate of drug-likeness (QED) is 0.458. The van der Waals surface area contributed by atoms with Gasteiger partial charge in [0.05, 0.1) is 0 Å². The number of carbonyl (C=O) groups excluding carboxylic acids is 1. The lowest BCUT2D eigenvalue weighted by molar-refractivity contribution is -0.114. The van der Waals surface area contributed by atoms with Crippen LogP contribution in [-0.4, -0.2) is 19.7 Å². The predicted molar refractivity (Wildman–Crippen MR) is 39.5 cm³/mol. The van der Waals surface area contributed by atoms with E-state index >= 15 is 0 Å². The zero-order chi connectivity index (χ0) is 7.98. The molecule has 60 valence electrons. The lowest BCUT2D eigenvalue weighted by atomic mass is 10.1. The van der Waals surface area contributed by atoms with E-state index in [2.05, 4.69) is 12.2 Å². The summed E-state index contributed by atoms with van der Waals surface area (Å²) < 4.78 is 5.00. The molecular weight excluding hydrogens is 130 g/mol. The summed E-state index contributed by atoms with van der Waals surface area (Å²) in [4.78, 5) is 10.0. The summed E-state index contributed by atoms with van der Waals surface area (Å²) >= 11 is 0. The molecule has 0 rings (SSSR count). The summed E-state index contributed by atoms with van der Waals surface area (Å²) in [7, 11) is 1.59. The summed E-state index contributed by atoms with van der Waals surface area (Å²) in [5.41, 5.74) is 0. The third-order valence-corrected chi connectivity index (χ3v) is 1.65. The van der Waals surface area contributed by atoms with Crippen LogP contribution in [0.5, 0.6) is 0 Å². The second-order valence-corrected chi connectivity index (χ2v) is 2.33. The molecule has 0 saturated heterocycles. The maximum absolute atomic E-state index is 10.0. The van der Waals surface area contributed by atoms with Crippen molar-refractivity contribution < 1.29 is 9.53 Å². The highest BCUT2D eigenvalue weighted by Crippen LogP contribution is 2.06. The van der Waals surface area contributed by atoms with Crippen LogP contribution in [0.4, 0.5) is 0 Å². The molecule has 0 saturated carbocycles. The van der Waals surface area contributed by atoms with Crippen molar-refractivity contribution in [2.75, 3.05) is 7.11 Å². The molecule has 2 atom stereocenters. The SMILES string of the molecule is CCC(C)C(NC=O)OC. The van der Waals surface area contributed by atoms with Gasteiger partial charge in [-0.3, -0.25) is 4.79 Å². The van der Waals surface area contributed by atoms with Gasteiger partial charge in [0, 0.05) is 13.0 Å². The third kappa shape index (κ3) is 2.82. The number of nitrogens with one attached hydrogen (secondary N) is 1. The Balaban J connectivity index is 3.67. The zero-order valence-electron chi connectivity index (χ0n) is 6.76. The largest absolute Gasteiger partial charge is 0.361 e. The van der Waals surface area contributed by atoms with E-state index in [1.54, 1.807) is 7.11 Å². The van der Waals surface area contributed by atoms with Gasteiger partial charge in [0.25, 0.3) is 0 Å². The standard InChI is InChI=1S/C7H15NO2/c1-4-6(2)7(10-3)8-5-9/h5-7H,4H2,1-3H3,(H,8,9). The summed E-state index contributed by atoms with van der Waals surface area (Å²) in [6.45, 7) is 4.09. The van der Waals surface area contributed by atoms with Gasteiger partial charge in [0.2, 0.25) is 6.41 Å². The predicted octanol–water partition coefficient (Wildman–Crippen LogP) is 0.751. The molecule has 3 nitrogen and oxygen atoms in total. The minimum absolute atomic E-state index is 0.137. The molecule has 0 aliphatic rings. The van der Waals surface area contributed by atoms with Crippen molar-refractivity contribution in [3.63, 3.8) is 0 Å². The summed E-state index contributed by atoms with van der Waals surface area (Å²) in [5, 5.41) is 2.58. The molecule has 0 radical (unpaired) electrons. The van der Waals surface area contributed by atoms with Crippen molar-refractivity contribution in [2.45, 2.75) is 26.5 Å². The Bertz CT molecular complexity index is 95.6. The maximum atomic E-state index is 10.0. The van der Waals surface area contributed by atoms with Crippen molar-refractivity contribution in [1.82, 2.24) is 5.32 Å². The van der Waals surface area contributed by atoms with Gasteiger partial charge in [0.15, 0.2) is 0 Å². The molecule has 0 aromatic heterocycles. The van der Waals surface area contributed by atoms with E-state index in [-0.39, 0.29) is 6.23 Å². The zero-order valence-corrected chi connectivity index (χ0v) is 6.76. The van der Waals surface area contributed by atoms with Gasteiger partial charge in [-0.15, -0.1) is 0 Å². The minimum atomic E-state index is -0.137. The van der Waals surface area contributed by atoms with Gasteiger partial charge in [0.1, 0.15) is 6.23 Å². The van der Waals surface area contributed by atoms with Crippen LogP contribution in [0, 0.1) is 5.92 Å². The number of carbonyl (C=O) groups is 1. The molecule has 0 fully saturated rings. The Labute approximate surface area is 61.8 Å². The van der Waals surface area contributed by atoms with Gasteiger partial charge >= 0.3 is 0 Å². The number of ether oxygens (including phenoxy) is 1. The first kappa shape index (κ1) is 9.43. The normalized spacial score (nSPS) is 15.9. The molecule has 3 heteroatoms. The highest BCUT2D eigenvalue weighted by Gasteiger charge is 2.12. The minimum Gasteiger partial charge on any atom is -0.361 e. The van der Waals surface area contributed by atoms with Crippen LogP contribution in [0.2, 0.25) is 0 Å². The van der Waals surface area contributed by atoms with E-state index < -0.39 is 0 Å². The second-order valence-electron chi connectivity index (χ2n) is 2.33. The fourth-order valence-electron chi connectivity index (χ4n) is 0.746. The lowest BCUT2D eigenvalue weighted by Crippen LogP contribution is -2.35. The number of methoxy groups -OCH3 is 1. The molecule has 0 spiro atoms. The molecule has 0 bridgehead atoms. The topological polar surface area (TPSA) is 38.3 Å². The van der Waals surface area contributed by atoms with Crippen LogP contribution in [-0.2, 0) is 9.53 Å². The number of hydrogen-bond acceptors (Lipinski definition) is 2. The van der Waals surface area contributed by atoms with E-state index in [1.165, 1.54) is 0 Å². The van der Waals surface area contributed by atoms with E-state index in [1.807, 2.05) is 6.92 Å². The fraction of sp³-hybridized carbons (Fsp3) is 0.857. The first-order valence-corrected chi connectivity index (χ1v) is 3.48. The Hall–Kier alpha value is -0.570. The average molecular weight is 145 g/mol. The molecule has 1 amide bonds. The summed E-state index contributed by atoms with van der Waals surface area (Å²) in [6.07, 6.45) is 1.53. The molecule has 0 aromatic rings. The van der Waals surface area contributed by atoms with Gasteiger partial charge in [-0.25, -0.2) is 0 Å². The van der Waals surface area contributed by atoms with Crippen LogP contribution in [0.3, 0.4) is 0 Å². The molecule has 0 aliphatic carbocycles. The van der Waals surface area contributed by atoms with Crippen LogP contribution in [0.25, 0.3) is 0 Å². The van der Waals surface area contributed by atoms with E-state index in [0.717, 1.165) is 6.42 Å². The Morgan fingerprint density at radius 2 is 2.30 bits per heavy atom. The molecule has 1 N–H and O–H groups in total. The van der Waals surface area contributed by atoms with Crippen molar-refractivity contribution in [3.05, 3.63) is 0 Å². The average Bonchev–Trinajstić information content (AvgIpc) is 1.99. The van der Waals surface area contributed by atoms with E-state index in [0.29, 0.717) is 12.3 Å². The third-order valence-electron chi connectivity index (χ3n) is 1.65. The molecule has 0 aromatic carbocycles. The lowest BCUT2D eigenvalue weighted by Gasteiger charge is -2.19. The number of rotatable bonds is 5. The van der Waals surface area contributed by atoms with Crippen molar-refractivity contribution in [2.24, 2.45) is 5.92 Å². The maximum Gasteiger partial charge on any atom is 0.209 e. The first-order valence-electron chi connectivity index (χ1n) is 3.48. The molecule has 2 unspecified atom stereocenters. The van der Waals surface area contributed by atoms with E-state index in [4.69, 9.17) is 4.74 Å². The molecule has 0 heterocycles. The number of hydrogen-bond donors (Lipinski definition) is 1. The fourth-order valence-corrected chi connectivity index (χ4v) is 0.746. The van der Waals surface area contributed by atoms with Crippen molar-refractivity contribution in [3.8, 4) is 0 Å². The Morgan fingerprint density at radius 3 is 2.60 bits per heavy atom. The van der Waals surface area contributed by atoms with Crippen molar-refractivity contribution in [1.29, 1.82) is 0 Å². The Morgan fingerprint density at radius 1 is 1.70 bits per heavy atom. The highest BCUT2D eigenvalue weighted by atomic mass is 16.5. The van der Waals surface area contributed by atoms with Crippen LogP contribution in [0.15, 0.2) is 0 Å². The van der Waals surface area contributed by atoms with Crippen molar-refractivity contribution >= 4 is 6.41 Å². The highest BCUT2D eigenvalue weighted by molar-refractivity contribution is 5.46. The van der Waals surface area contributed by atoms with E-state index in [9.17, 15) is 4.79 Å². The van der Waals surface area contributed by atoms with Gasteiger partial charge in [-0.1, -0.05) is 13.8 Å². The first-order chi connectivity index (χ1) is 4.76. The second kappa shape index (κ2) is 5.23. The number of amides is 1. The molecule has 10 heavy (non-hydrogen) atoms. The van der Waals surface area contributed by atoms with Crippen LogP contribution in [0.1, 0.15) is 20.3 Å². The Kier molecular flexibility index (Phi) is 4.94. The van der Waals surface area contributed by atoms with Gasteiger partial charge in [-0.2, -0.15) is 0 Å². The van der Waals surface area contributed by atoms with Gasteiger partial charge < -0.3 is 10.1 Å². The molecule has 0 aliphatic heterocycles. The summed E-state index contributed by atoms with van der Waals surface area (Å²) in [6, 6.07) is 0. The van der Waals surface area contributed by atoms with Gasteiger partial charge in [-0.05, 0) is 6.42 Å². The molecular formula is C7H15NO2. The van der Waals surface area contributed by atoms with Crippen LogP contribution >= 0.6 is 0 Å².